The van der Waals surface area contributed by atoms with Crippen molar-refractivity contribution in [1.29, 1.82) is 0 Å². The van der Waals surface area contributed by atoms with Crippen LogP contribution < -0.4 is 9.30 Å². The van der Waals surface area contributed by atoms with Gasteiger partial charge in [-0.2, -0.15) is 0 Å². The molecule has 0 saturated heterocycles. The molecule has 4 heterocycles. The molecule has 0 N–H and O–H groups in total. The van der Waals surface area contributed by atoms with Crippen molar-refractivity contribution < 1.29 is 9.30 Å². The van der Waals surface area contributed by atoms with E-state index in [1.165, 1.54) is 21.0 Å². The Kier molecular flexibility index (Phi) is 6.49. The maximum Gasteiger partial charge on any atom is 0.269 e. The Morgan fingerprint density at radius 2 is 1.42 bits per heavy atom. The molecule has 232 valence electrons. The van der Waals surface area contributed by atoms with E-state index in [1.54, 1.807) is 11.3 Å². The van der Waals surface area contributed by atoms with Gasteiger partial charge in [0.2, 0.25) is 0 Å². The summed E-state index contributed by atoms with van der Waals surface area (Å²) in [5.41, 5.74) is 7.77. The number of thiophene rings is 1. The van der Waals surface area contributed by atoms with Crippen LogP contribution in [-0.4, -0.2) is 14.1 Å². The molecule has 48 heavy (non-hydrogen) atoms. The maximum atomic E-state index is 6.63. The largest absolute Gasteiger partial charge is 0.457 e. The summed E-state index contributed by atoms with van der Waals surface area (Å²) in [7, 11) is 0. The Labute approximate surface area is 282 Å². The quantitative estimate of drug-likeness (QED) is 0.139. The zero-order valence-electron chi connectivity index (χ0n) is 26.9. The summed E-state index contributed by atoms with van der Waals surface area (Å²) < 4.78 is 14.4. The second-order valence-corrected chi connectivity index (χ2v) is 14.1. The third-order valence-corrected chi connectivity index (χ3v) is 10.0. The number of fused-ring (bicyclic) bond motifs is 5. The highest BCUT2D eigenvalue weighted by atomic mass is 32.1. The van der Waals surface area contributed by atoms with Crippen molar-refractivity contribution in [3.8, 4) is 28.7 Å². The van der Waals surface area contributed by atoms with Gasteiger partial charge in [-0.1, -0.05) is 81.4 Å². The first-order valence-corrected chi connectivity index (χ1v) is 17.0. The summed E-state index contributed by atoms with van der Waals surface area (Å²) >= 11 is 1.73. The summed E-state index contributed by atoms with van der Waals surface area (Å²) in [6.07, 6.45) is 5.54. The van der Waals surface area contributed by atoms with Gasteiger partial charge in [0.05, 0.1) is 33.4 Å². The number of hydrogen-bond donors (Lipinski definition) is 0. The van der Waals surface area contributed by atoms with Crippen LogP contribution >= 0.6 is 11.3 Å². The van der Waals surface area contributed by atoms with Gasteiger partial charge in [0.15, 0.2) is 0 Å². The van der Waals surface area contributed by atoms with Crippen LogP contribution in [0.2, 0.25) is 0 Å². The number of para-hydroxylation sites is 4. The Hall–Kier alpha value is -5.72. The molecule has 0 aliphatic rings. The highest BCUT2D eigenvalue weighted by molar-refractivity contribution is 7.17. The molecule has 0 aliphatic carbocycles. The molecule has 0 saturated carbocycles. The highest BCUT2D eigenvalue weighted by Crippen LogP contribution is 2.38. The topological polar surface area (TPSA) is 35.9 Å². The first kappa shape index (κ1) is 28.5. The highest BCUT2D eigenvalue weighted by Gasteiger charge is 2.19. The molecule has 5 aromatic carbocycles. The van der Waals surface area contributed by atoms with Gasteiger partial charge < -0.3 is 4.74 Å². The molecule has 9 rings (SSSR count). The van der Waals surface area contributed by atoms with Crippen LogP contribution in [0.15, 0.2) is 139 Å². The second kappa shape index (κ2) is 10.9. The summed E-state index contributed by atoms with van der Waals surface area (Å²) in [5.74, 6) is 2.46. The minimum Gasteiger partial charge on any atom is -0.457 e. The van der Waals surface area contributed by atoms with E-state index >= 15 is 0 Å². The molecule has 0 spiro atoms. The Bertz CT molecular complexity index is 2640. The van der Waals surface area contributed by atoms with Crippen LogP contribution in [-0.2, 0) is 5.41 Å². The van der Waals surface area contributed by atoms with Gasteiger partial charge in [0.1, 0.15) is 17.3 Å². The van der Waals surface area contributed by atoms with E-state index in [-0.39, 0.29) is 5.41 Å². The first-order chi connectivity index (χ1) is 23.4. The molecule has 4 aromatic heterocycles. The van der Waals surface area contributed by atoms with E-state index in [4.69, 9.17) is 9.72 Å². The molecule has 0 radical (unpaired) electrons. The van der Waals surface area contributed by atoms with Crippen LogP contribution in [0.4, 0.5) is 0 Å². The summed E-state index contributed by atoms with van der Waals surface area (Å²) in [6.45, 7) is 6.70. The fourth-order valence-electron chi connectivity index (χ4n) is 6.64. The lowest BCUT2D eigenvalue weighted by Crippen LogP contribution is -2.29. The van der Waals surface area contributed by atoms with Gasteiger partial charge >= 0.3 is 0 Å². The Morgan fingerprint density at radius 3 is 2.27 bits per heavy atom. The number of benzene rings is 5. The van der Waals surface area contributed by atoms with Gasteiger partial charge in [-0.3, -0.25) is 13.7 Å². The van der Waals surface area contributed by atoms with Crippen molar-refractivity contribution in [2.75, 3.05) is 0 Å². The second-order valence-electron chi connectivity index (χ2n) is 13.2. The average Bonchev–Trinajstić information content (AvgIpc) is 3.80. The number of aromatic nitrogens is 4. The van der Waals surface area contributed by atoms with Gasteiger partial charge in [-0.25, -0.2) is 4.98 Å². The minimum atomic E-state index is 0.0103. The number of pyridine rings is 1. The van der Waals surface area contributed by atoms with Crippen LogP contribution in [0, 0.1) is 6.33 Å². The number of ether oxygens (including phenoxy) is 1. The molecule has 9 aromatic rings. The van der Waals surface area contributed by atoms with Gasteiger partial charge in [-0.15, -0.1) is 11.3 Å². The van der Waals surface area contributed by atoms with E-state index in [2.05, 4.69) is 168 Å². The van der Waals surface area contributed by atoms with Gasteiger partial charge in [0, 0.05) is 38.5 Å². The lowest BCUT2D eigenvalue weighted by atomic mass is 9.88. The molecule has 0 aliphatic heterocycles. The van der Waals surface area contributed by atoms with E-state index < -0.39 is 0 Å². The Morgan fingerprint density at radius 1 is 0.688 bits per heavy atom. The van der Waals surface area contributed by atoms with Gasteiger partial charge in [0.25, 0.3) is 6.33 Å². The first-order valence-electron chi connectivity index (χ1n) is 16.1. The minimum absolute atomic E-state index is 0.0103. The van der Waals surface area contributed by atoms with Crippen molar-refractivity contribution in [2.45, 2.75) is 26.2 Å². The van der Waals surface area contributed by atoms with Crippen molar-refractivity contribution in [3.63, 3.8) is 0 Å². The van der Waals surface area contributed by atoms with Crippen LogP contribution in [0.1, 0.15) is 26.3 Å². The standard InChI is InChI=1S/C42H32N4OS/c1-42(2,3)28-21-22-43-41(23-28)46-35-14-8-7-13-32(35)33-19-17-31(25-38(33)46)47-30-18-20-40-34(24-30)39(26-48-40)45-27-44(29-11-5-4-6-12-29)36-15-9-10-16-37(36)45/h4-26H,1-3H3. The smallest absolute Gasteiger partial charge is 0.269 e. The number of nitrogens with zero attached hydrogens (tertiary/aromatic N) is 4. The monoisotopic (exact) mass is 640 g/mol. The van der Waals surface area contributed by atoms with Crippen molar-refractivity contribution in [1.82, 2.24) is 14.1 Å². The van der Waals surface area contributed by atoms with E-state index in [0.717, 1.165) is 56.1 Å². The number of rotatable bonds is 5. The fourth-order valence-corrected chi connectivity index (χ4v) is 7.55. The molecule has 5 nitrogen and oxygen atoms in total. The summed E-state index contributed by atoms with van der Waals surface area (Å²) in [5, 5.41) is 5.68. The van der Waals surface area contributed by atoms with Crippen LogP contribution in [0.5, 0.6) is 11.5 Å². The molecular formula is C42H32N4OS. The summed E-state index contributed by atoms with van der Waals surface area (Å²) in [6, 6.07) is 44.3. The van der Waals surface area contributed by atoms with Crippen molar-refractivity contribution >= 4 is 54.3 Å². The lowest BCUT2D eigenvalue weighted by Gasteiger charge is -2.20. The molecule has 0 atom stereocenters. The molecule has 0 amide bonds. The number of imidazole rings is 1. The Balaban J connectivity index is 1.14. The van der Waals surface area contributed by atoms with Gasteiger partial charge in [-0.05, 0) is 71.6 Å². The predicted molar refractivity (Wildman–Crippen MR) is 196 cm³/mol. The molecular weight excluding hydrogens is 609 g/mol. The van der Waals surface area contributed by atoms with E-state index in [1.807, 2.05) is 12.3 Å². The average molecular weight is 641 g/mol. The lowest BCUT2D eigenvalue weighted by molar-refractivity contribution is -0.572. The normalized spacial score (nSPS) is 12.1. The predicted octanol–water partition coefficient (Wildman–Crippen LogP) is 10.5. The third kappa shape index (κ3) is 4.68. The van der Waals surface area contributed by atoms with Crippen molar-refractivity contribution in [2.24, 2.45) is 0 Å². The summed E-state index contributed by atoms with van der Waals surface area (Å²) in [4.78, 5) is 4.83. The molecule has 0 bridgehead atoms. The zero-order valence-corrected chi connectivity index (χ0v) is 27.7. The molecule has 0 fully saturated rings. The van der Waals surface area contributed by atoms with E-state index in [0.29, 0.717) is 0 Å². The van der Waals surface area contributed by atoms with Crippen molar-refractivity contribution in [3.05, 3.63) is 151 Å². The zero-order chi connectivity index (χ0) is 32.4. The van der Waals surface area contributed by atoms with E-state index in [9.17, 15) is 0 Å². The molecule has 6 heteroatoms. The molecule has 0 unspecified atom stereocenters. The third-order valence-electron chi connectivity index (χ3n) is 9.06. The van der Waals surface area contributed by atoms with Crippen LogP contribution in [0.25, 0.3) is 60.1 Å². The maximum absolute atomic E-state index is 6.63. The SMILES string of the molecule is CC(C)(C)c1ccnc(-n2c3ccccc3c3ccc(Oc4ccc5scc(-n6[c-][n+](-c7ccccc7)c7ccccc76)c5c4)cc32)c1. The van der Waals surface area contributed by atoms with Crippen LogP contribution in [0.3, 0.4) is 0 Å². The number of hydrogen-bond acceptors (Lipinski definition) is 3. The fraction of sp³-hybridized carbons (Fsp3) is 0.0952.